The second-order valence-corrected chi connectivity index (χ2v) is 9.05. The van der Waals surface area contributed by atoms with E-state index < -0.39 is 12.1 Å². The van der Waals surface area contributed by atoms with Gasteiger partial charge in [0.15, 0.2) is 5.78 Å². The number of benzene rings is 2. The maximum Gasteiger partial charge on any atom is 0.415 e. The molecular weight excluding hydrogens is 404 g/mol. The van der Waals surface area contributed by atoms with E-state index in [0.29, 0.717) is 31.2 Å². The van der Waals surface area contributed by atoms with E-state index in [2.05, 4.69) is 0 Å². The monoisotopic (exact) mass is 436 g/mol. The molecule has 6 heteroatoms. The number of ether oxygens (including phenoxy) is 1. The van der Waals surface area contributed by atoms with Crippen LogP contribution in [0.2, 0.25) is 0 Å². The maximum absolute atomic E-state index is 12.9. The van der Waals surface area contributed by atoms with Crippen LogP contribution in [0.5, 0.6) is 5.75 Å². The number of carbonyl (C=O) groups is 3. The van der Waals surface area contributed by atoms with Crippen LogP contribution in [0.1, 0.15) is 51.9 Å². The van der Waals surface area contributed by atoms with Crippen molar-refractivity contribution in [2.45, 2.75) is 57.9 Å². The van der Waals surface area contributed by atoms with E-state index >= 15 is 0 Å². The Hall–Kier alpha value is -2.89. The number of hydrogen-bond donors (Lipinski definition) is 0. The van der Waals surface area contributed by atoms with Crippen molar-refractivity contribution in [3.8, 4) is 5.75 Å². The summed E-state index contributed by atoms with van der Waals surface area (Å²) in [5.41, 5.74) is 0. The van der Waals surface area contributed by atoms with Gasteiger partial charge in [-0.05, 0) is 30.7 Å². The van der Waals surface area contributed by atoms with Crippen molar-refractivity contribution in [2.75, 3.05) is 19.6 Å². The Morgan fingerprint density at radius 3 is 2.50 bits per heavy atom. The summed E-state index contributed by atoms with van der Waals surface area (Å²) in [5.74, 6) is 1.05. The lowest BCUT2D eigenvalue weighted by atomic mass is 9.86. The van der Waals surface area contributed by atoms with Gasteiger partial charge in [-0.3, -0.25) is 9.59 Å². The van der Waals surface area contributed by atoms with Crippen LogP contribution in [0.15, 0.2) is 42.5 Å². The van der Waals surface area contributed by atoms with E-state index in [1.54, 1.807) is 15.9 Å². The molecule has 2 amide bonds. The predicted molar refractivity (Wildman–Crippen MR) is 124 cm³/mol. The fourth-order valence-corrected chi connectivity index (χ4v) is 4.99. The summed E-state index contributed by atoms with van der Waals surface area (Å²) in [7, 11) is 0. The highest BCUT2D eigenvalue weighted by Gasteiger charge is 2.36. The van der Waals surface area contributed by atoms with Gasteiger partial charge in [0.1, 0.15) is 11.8 Å². The molecule has 4 rings (SSSR count). The average molecular weight is 437 g/mol. The molecule has 1 heterocycles. The number of nitrogens with zero attached hydrogens (tertiary/aromatic N) is 2. The van der Waals surface area contributed by atoms with Crippen molar-refractivity contribution in [3.05, 3.63) is 42.5 Å². The van der Waals surface area contributed by atoms with Gasteiger partial charge in [-0.2, -0.15) is 0 Å². The Morgan fingerprint density at radius 1 is 0.969 bits per heavy atom. The number of fused-ring (bicyclic) bond motifs is 1. The van der Waals surface area contributed by atoms with E-state index in [4.69, 9.17) is 4.74 Å². The van der Waals surface area contributed by atoms with E-state index in [1.165, 1.54) is 39.0 Å². The fourth-order valence-electron chi connectivity index (χ4n) is 4.99. The molecule has 1 saturated carbocycles. The van der Waals surface area contributed by atoms with E-state index in [1.807, 2.05) is 36.4 Å². The van der Waals surface area contributed by atoms with Gasteiger partial charge in [0, 0.05) is 24.9 Å². The topological polar surface area (TPSA) is 66.9 Å². The predicted octanol–water partition coefficient (Wildman–Crippen LogP) is 4.80. The number of ketones is 1. The molecule has 1 aliphatic heterocycles. The van der Waals surface area contributed by atoms with E-state index in [9.17, 15) is 14.4 Å². The molecule has 2 aliphatic rings. The number of hydrogen-bond acceptors (Lipinski definition) is 4. The minimum absolute atomic E-state index is 0.0258. The van der Waals surface area contributed by atoms with Gasteiger partial charge in [-0.15, -0.1) is 0 Å². The lowest BCUT2D eigenvalue weighted by molar-refractivity contribution is -0.142. The largest absolute Gasteiger partial charge is 0.415 e. The molecule has 1 atom stereocenters. The SMILES string of the molecule is CC(=O)[C@@H]1CN(C(=O)Oc2cccc3ccccc23)CCN1C(=O)CCC1CCCCC1. The maximum atomic E-state index is 12.9. The number of piperazine rings is 1. The summed E-state index contributed by atoms with van der Waals surface area (Å²) >= 11 is 0. The number of amides is 2. The van der Waals surface area contributed by atoms with Gasteiger partial charge in [0.05, 0.1) is 6.54 Å². The molecule has 0 spiro atoms. The number of Topliss-reactive ketones (excluding diaryl/α,β-unsaturated/α-hetero) is 1. The summed E-state index contributed by atoms with van der Waals surface area (Å²) in [6, 6.07) is 12.7. The third-order valence-electron chi connectivity index (χ3n) is 6.87. The van der Waals surface area contributed by atoms with Crippen LogP contribution >= 0.6 is 0 Å². The number of carbonyl (C=O) groups excluding carboxylic acids is 3. The molecule has 0 radical (unpaired) electrons. The minimum atomic E-state index is -0.609. The highest BCUT2D eigenvalue weighted by molar-refractivity contribution is 5.91. The first-order valence-electron chi connectivity index (χ1n) is 11.8. The molecule has 0 aromatic heterocycles. The molecule has 0 unspecified atom stereocenters. The van der Waals surface area contributed by atoms with Gasteiger partial charge >= 0.3 is 6.09 Å². The quantitative estimate of drug-likeness (QED) is 0.675. The van der Waals surface area contributed by atoms with Crippen LogP contribution in [-0.4, -0.2) is 53.3 Å². The van der Waals surface area contributed by atoms with Crippen LogP contribution in [-0.2, 0) is 9.59 Å². The zero-order chi connectivity index (χ0) is 22.5. The lowest BCUT2D eigenvalue weighted by Gasteiger charge is -2.40. The Balaban J connectivity index is 1.38. The van der Waals surface area contributed by atoms with Crippen molar-refractivity contribution in [1.29, 1.82) is 0 Å². The molecule has 0 N–H and O–H groups in total. The smallest absolute Gasteiger partial charge is 0.410 e. The first kappa shape index (κ1) is 22.3. The molecule has 2 aromatic carbocycles. The van der Waals surface area contributed by atoms with Gasteiger partial charge in [-0.1, -0.05) is 68.5 Å². The molecule has 32 heavy (non-hydrogen) atoms. The van der Waals surface area contributed by atoms with Crippen LogP contribution in [0.3, 0.4) is 0 Å². The highest BCUT2D eigenvalue weighted by Crippen LogP contribution is 2.28. The van der Waals surface area contributed by atoms with E-state index in [0.717, 1.165) is 17.2 Å². The fraction of sp³-hybridized carbons (Fsp3) is 0.500. The molecule has 1 aliphatic carbocycles. The Labute approximate surface area is 189 Å². The van der Waals surface area contributed by atoms with Crippen LogP contribution in [0.25, 0.3) is 10.8 Å². The Morgan fingerprint density at radius 2 is 1.72 bits per heavy atom. The standard InChI is InChI=1S/C26H32N2O4/c1-19(29)23-18-27(16-17-28(23)25(30)15-14-20-8-3-2-4-9-20)26(31)32-24-13-7-11-21-10-5-6-12-22(21)24/h5-7,10-13,20,23H,2-4,8-9,14-18H2,1H3/t23-/m0/s1. The molecule has 2 aromatic rings. The minimum Gasteiger partial charge on any atom is -0.410 e. The molecule has 2 fully saturated rings. The lowest BCUT2D eigenvalue weighted by Crippen LogP contribution is -2.59. The summed E-state index contributed by atoms with van der Waals surface area (Å²) in [6.45, 7) is 2.39. The van der Waals surface area contributed by atoms with Crippen molar-refractivity contribution in [3.63, 3.8) is 0 Å². The zero-order valence-electron chi connectivity index (χ0n) is 18.8. The van der Waals surface area contributed by atoms with Crippen LogP contribution < -0.4 is 4.74 Å². The first-order chi connectivity index (χ1) is 15.5. The Kier molecular flexibility index (Phi) is 7.08. The summed E-state index contributed by atoms with van der Waals surface area (Å²) in [6.07, 6.45) is 7.12. The number of rotatable bonds is 5. The normalized spacial score (nSPS) is 19.7. The van der Waals surface area contributed by atoms with Gasteiger partial charge < -0.3 is 14.5 Å². The summed E-state index contributed by atoms with van der Waals surface area (Å²) < 4.78 is 5.69. The average Bonchev–Trinajstić information content (AvgIpc) is 2.83. The van der Waals surface area contributed by atoms with Crippen molar-refractivity contribution in [1.82, 2.24) is 9.80 Å². The second kappa shape index (κ2) is 10.2. The molecule has 6 nitrogen and oxygen atoms in total. The van der Waals surface area contributed by atoms with E-state index in [-0.39, 0.29) is 18.2 Å². The van der Waals surface area contributed by atoms with Crippen molar-refractivity contribution in [2.24, 2.45) is 5.92 Å². The van der Waals surface area contributed by atoms with Crippen LogP contribution in [0.4, 0.5) is 4.79 Å². The first-order valence-corrected chi connectivity index (χ1v) is 11.8. The second-order valence-electron chi connectivity index (χ2n) is 9.05. The van der Waals surface area contributed by atoms with Gasteiger partial charge in [0.2, 0.25) is 5.91 Å². The van der Waals surface area contributed by atoms with Gasteiger partial charge in [-0.25, -0.2) is 4.79 Å². The molecule has 170 valence electrons. The summed E-state index contributed by atoms with van der Waals surface area (Å²) in [5, 5.41) is 1.86. The third-order valence-corrected chi connectivity index (χ3v) is 6.87. The zero-order valence-corrected chi connectivity index (χ0v) is 18.8. The summed E-state index contributed by atoms with van der Waals surface area (Å²) in [4.78, 5) is 41.3. The van der Waals surface area contributed by atoms with Crippen molar-refractivity contribution < 1.29 is 19.1 Å². The molecule has 1 saturated heterocycles. The van der Waals surface area contributed by atoms with Crippen molar-refractivity contribution >= 4 is 28.6 Å². The molecular formula is C26H32N2O4. The van der Waals surface area contributed by atoms with Crippen LogP contribution in [0, 0.1) is 5.92 Å². The Bertz CT molecular complexity index is 977. The molecule has 0 bridgehead atoms. The highest BCUT2D eigenvalue weighted by atomic mass is 16.6. The third kappa shape index (κ3) is 5.12. The van der Waals surface area contributed by atoms with Gasteiger partial charge in [0.25, 0.3) is 0 Å².